The third kappa shape index (κ3) is 3.21. The molecule has 1 fully saturated rings. The van der Waals surface area contributed by atoms with E-state index < -0.39 is 0 Å². The number of carbonyl (C=O) groups is 1. The van der Waals surface area contributed by atoms with E-state index in [0.29, 0.717) is 18.2 Å². The van der Waals surface area contributed by atoms with Crippen molar-refractivity contribution in [3.05, 3.63) is 18.0 Å². The Bertz CT molecular complexity index is 408. The number of Topliss-reactive ketones (excluding diaryl/α,β-unsaturated/α-hetero) is 1. The largest absolute Gasteiger partial charge is 0.299 e. The molecule has 0 N–H and O–H groups in total. The van der Waals surface area contributed by atoms with Crippen molar-refractivity contribution in [3.63, 3.8) is 0 Å². The number of carbonyl (C=O) groups excluding carboxylic acids is 1. The van der Waals surface area contributed by atoms with Crippen LogP contribution in [0.4, 0.5) is 0 Å². The Morgan fingerprint density at radius 2 is 2.06 bits per heavy atom. The van der Waals surface area contributed by atoms with Crippen LogP contribution in [0.3, 0.4) is 0 Å². The molecule has 0 spiro atoms. The van der Waals surface area contributed by atoms with E-state index in [0.717, 1.165) is 12.1 Å². The fourth-order valence-electron chi connectivity index (χ4n) is 2.50. The molecule has 0 atom stereocenters. The molecule has 1 aliphatic carbocycles. The molecule has 1 aromatic heterocycles. The zero-order valence-corrected chi connectivity index (χ0v) is 11.8. The van der Waals surface area contributed by atoms with Crippen molar-refractivity contribution in [1.29, 1.82) is 0 Å². The zero-order valence-electron chi connectivity index (χ0n) is 11.8. The summed E-state index contributed by atoms with van der Waals surface area (Å²) in [5, 5.41) is 4.61. The van der Waals surface area contributed by atoms with Crippen LogP contribution in [0.5, 0.6) is 0 Å². The first-order chi connectivity index (χ1) is 8.47. The van der Waals surface area contributed by atoms with Crippen molar-refractivity contribution in [3.8, 4) is 0 Å². The minimum Gasteiger partial charge on any atom is -0.299 e. The molecule has 1 aromatic rings. The van der Waals surface area contributed by atoms with Gasteiger partial charge < -0.3 is 0 Å². The molecular weight excluding hydrogens is 224 g/mol. The first-order valence-electron chi connectivity index (χ1n) is 7.04. The summed E-state index contributed by atoms with van der Waals surface area (Å²) in [4.78, 5) is 11.9. The Labute approximate surface area is 110 Å². The van der Waals surface area contributed by atoms with Crippen molar-refractivity contribution >= 4 is 5.78 Å². The van der Waals surface area contributed by atoms with Crippen LogP contribution in [-0.2, 0) is 11.2 Å². The van der Waals surface area contributed by atoms with Gasteiger partial charge in [-0.1, -0.05) is 33.6 Å². The van der Waals surface area contributed by atoms with E-state index in [1.165, 1.54) is 25.7 Å². The lowest BCUT2D eigenvalue weighted by Crippen LogP contribution is -2.20. The van der Waals surface area contributed by atoms with Gasteiger partial charge in [-0.3, -0.25) is 9.48 Å². The number of rotatable bonds is 4. The van der Waals surface area contributed by atoms with Crippen LogP contribution in [0.1, 0.15) is 64.6 Å². The van der Waals surface area contributed by atoms with Crippen LogP contribution in [0.25, 0.3) is 0 Å². The highest BCUT2D eigenvalue weighted by Gasteiger charge is 2.21. The number of hydrogen-bond donors (Lipinski definition) is 0. The van der Waals surface area contributed by atoms with E-state index in [9.17, 15) is 4.79 Å². The van der Waals surface area contributed by atoms with Crippen molar-refractivity contribution in [1.82, 2.24) is 9.78 Å². The molecule has 0 amide bonds. The Morgan fingerprint density at radius 3 is 2.67 bits per heavy atom. The highest BCUT2D eigenvalue weighted by atomic mass is 16.1. The summed E-state index contributed by atoms with van der Waals surface area (Å²) in [5.41, 5.74) is 0.827. The van der Waals surface area contributed by atoms with Crippen LogP contribution in [0.2, 0.25) is 0 Å². The molecule has 3 heteroatoms. The third-order valence-corrected chi connectivity index (χ3v) is 3.81. The second-order valence-corrected chi connectivity index (χ2v) is 6.40. The Kier molecular flexibility index (Phi) is 3.88. The molecule has 0 unspecified atom stereocenters. The molecule has 0 bridgehead atoms. The summed E-state index contributed by atoms with van der Waals surface area (Å²) in [7, 11) is 0. The van der Waals surface area contributed by atoms with Gasteiger partial charge in [0.1, 0.15) is 5.78 Å². The van der Waals surface area contributed by atoms with E-state index in [1.54, 1.807) is 0 Å². The van der Waals surface area contributed by atoms with E-state index in [1.807, 2.05) is 20.8 Å². The number of ketones is 1. The summed E-state index contributed by atoms with van der Waals surface area (Å²) < 4.78 is 2.10. The Balaban J connectivity index is 1.89. The number of aryl methyl sites for hydroxylation is 1. The van der Waals surface area contributed by atoms with Crippen molar-refractivity contribution in [2.75, 3.05) is 0 Å². The van der Waals surface area contributed by atoms with Crippen molar-refractivity contribution < 1.29 is 4.79 Å². The van der Waals surface area contributed by atoms with Gasteiger partial charge in [0.2, 0.25) is 0 Å². The molecule has 3 nitrogen and oxygen atoms in total. The predicted octanol–water partition coefficient (Wildman–Crippen LogP) is 3.55. The minimum atomic E-state index is -0.228. The second kappa shape index (κ2) is 5.25. The van der Waals surface area contributed by atoms with Gasteiger partial charge in [-0.15, -0.1) is 0 Å². The predicted molar refractivity (Wildman–Crippen MR) is 72.5 cm³/mol. The summed E-state index contributed by atoms with van der Waals surface area (Å²) in [6.45, 7) is 5.94. The lowest BCUT2D eigenvalue weighted by molar-refractivity contribution is -0.126. The maximum atomic E-state index is 11.9. The Hall–Kier alpha value is -1.12. The van der Waals surface area contributed by atoms with Crippen LogP contribution in [0.15, 0.2) is 12.3 Å². The quantitative estimate of drug-likeness (QED) is 0.816. The van der Waals surface area contributed by atoms with E-state index in [-0.39, 0.29) is 5.41 Å². The standard InChI is InChI=1S/C15H24N2O/c1-15(2,3)14(18)9-8-12-10-11-17(16-12)13-6-4-5-7-13/h10-11,13H,4-9H2,1-3H3. The minimum absolute atomic E-state index is 0.228. The van der Waals surface area contributed by atoms with Gasteiger partial charge in [0.25, 0.3) is 0 Å². The van der Waals surface area contributed by atoms with E-state index >= 15 is 0 Å². The lowest BCUT2D eigenvalue weighted by Gasteiger charge is -2.15. The highest BCUT2D eigenvalue weighted by molar-refractivity contribution is 5.83. The number of hydrogen-bond acceptors (Lipinski definition) is 2. The van der Waals surface area contributed by atoms with Crippen molar-refractivity contribution in [2.24, 2.45) is 5.41 Å². The van der Waals surface area contributed by atoms with Gasteiger partial charge in [0, 0.05) is 18.0 Å². The third-order valence-electron chi connectivity index (χ3n) is 3.81. The van der Waals surface area contributed by atoms with Crippen LogP contribution < -0.4 is 0 Å². The smallest absolute Gasteiger partial charge is 0.138 e. The van der Waals surface area contributed by atoms with Gasteiger partial charge in [0.05, 0.1) is 11.7 Å². The fourth-order valence-corrected chi connectivity index (χ4v) is 2.50. The summed E-state index contributed by atoms with van der Waals surface area (Å²) >= 11 is 0. The molecule has 0 radical (unpaired) electrons. The van der Waals surface area contributed by atoms with Gasteiger partial charge in [-0.25, -0.2) is 0 Å². The van der Waals surface area contributed by atoms with Gasteiger partial charge in [0.15, 0.2) is 0 Å². The molecule has 0 aliphatic heterocycles. The van der Waals surface area contributed by atoms with Crippen molar-refractivity contribution in [2.45, 2.75) is 65.3 Å². The average Bonchev–Trinajstić information content (AvgIpc) is 2.94. The highest BCUT2D eigenvalue weighted by Crippen LogP contribution is 2.28. The normalized spacial score (nSPS) is 17.3. The molecule has 1 heterocycles. The van der Waals surface area contributed by atoms with Gasteiger partial charge >= 0.3 is 0 Å². The SMILES string of the molecule is CC(C)(C)C(=O)CCc1ccn(C2CCCC2)n1. The maximum absolute atomic E-state index is 11.9. The molecule has 18 heavy (non-hydrogen) atoms. The topological polar surface area (TPSA) is 34.9 Å². The van der Waals surface area contributed by atoms with Crippen LogP contribution in [-0.4, -0.2) is 15.6 Å². The van der Waals surface area contributed by atoms with Crippen LogP contribution in [0, 0.1) is 5.41 Å². The van der Waals surface area contributed by atoms with E-state index in [4.69, 9.17) is 0 Å². The van der Waals surface area contributed by atoms with Gasteiger partial charge in [-0.2, -0.15) is 5.10 Å². The van der Waals surface area contributed by atoms with Gasteiger partial charge in [-0.05, 0) is 25.3 Å². The average molecular weight is 248 g/mol. The first kappa shape index (κ1) is 13.3. The monoisotopic (exact) mass is 248 g/mol. The number of aromatic nitrogens is 2. The molecule has 0 aromatic carbocycles. The zero-order chi connectivity index (χ0) is 13.2. The molecular formula is C15H24N2O. The summed E-state index contributed by atoms with van der Waals surface area (Å²) in [6, 6.07) is 2.66. The fraction of sp³-hybridized carbons (Fsp3) is 0.733. The summed E-state index contributed by atoms with van der Waals surface area (Å²) in [5.74, 6) is 0.318. The van der Waals surface area contributed by atoms with Crippen LogP contribution >= 0.6 is 0 Å². The number of nitrogens with zero attached hydrogens (tertiary/aromatic N) is 2. The molecule has 100 valence electrons. The lowest BCUT2D eigenvalue weighted by atomic mass is 9.88. The first-order valence-corrected chi connectivity index (χ1v) is 7.04. The molecule has 0 saturated heterocycles. The molecule has 1 aliphatic rings. The molecule has 1 saturated carbocycles. The summed E-state index contributed by atoms with van der Waals surface area (Å²) in [6.07, 6.45) is 8.60. The molecule has 2 rings (SSSR count). The second-order valence-electron chi connectivity index (χ2n) is 6.40. The Morgan fingerprint density at radius 1 is 1.39 bits per heavy atom. The van der Waals surface area contributed by atoms with E-state index in [2.05, 4.69) is 22.0 Å². The maximum Gasteiger partial charge on any atom is 0.138 e.